The van der Waals surface area contributed by atoms with Crippen LogP contribution >= 0.6 is 0 Å². The van der Waals surface area contributed by atoms with Crippen molar-refractivity contribution in [2.75, 3.05) is 0 Å². The van der Waals surface area contributed by atoms with Crippen molar-refractivity contribution in [1.29, 1.82) is 0 Å². The van der Waals surface area contributed by atoms with Crippen LogP contribution in [0.1, 0.15) is 141 Å². The maximum absolute atomic E-state index is 11.8. The number of unbranched alkanes of at least 4 members (excludes halogenated alkanes) is 16. The van der Waals surface area contributed by atoms with Crippen molar-refractivity contribution in [3.05, 3.63) is 65.5 Å². The Morgan fingerprint density at radius 1 is 0.737 bits per heavy atom. The molecule has 1 aliphatic carbocycles. The third-order valence-corrected chi connectivity index (χ3v) is 7.08. The summed E-state index contributed by atoms with van der Waals surface area (Å²) < 4.78 is 0. The van der Waals surface area contributed by atoms with Crippen LogP contribution in [-0.4, -0.2) is 11.1 Å². The molecule has 2 rings (SSSR count). The number of carbonyl (C=O) groups is 1. The van der Waals surface area contributed by atoms with Crippen LogP contribution in [-0.2, 0) is 28.3 Å². The van der Waals surface area contributed by atoms with E-state index in [1.54, 1.807) is 0 Å². The summed E-state index contributed by atoms with van der Waals surface area (Å²) in [6.45, 7) is 2.28. The van der Waals surface area contributed by atoms with Crippen LogP contribution in [0.25, 0.3) is 0 Å². The van der Waals surface area contributed by atoms with Crippen molar-refractivity contribution in [1.82, 2.24) is 0 Å². The van der Waals surface area contributed by atoms with Gasteiger partial charge < -0.3 is 10.2 Å². The number of hydrogen-bond donors (Lipinski definition) is 1. The molecule has 0 bridgehead atoms. The monoisotopic (exact) mass is 566 g/mol. The molecule has 1 aromatic rings. The van der Waals surface area contributed by atoms with Gasteiger partial charge in [-0.3, -0.25) is 4.79 Å². The van der Waals surface area contributed by atoms with E-state index in [0.29, 0.717) is 12.2 Å². The van der Waals surface area contributed by atoms with Crippen LogP contribution in [0.3, 0.4) is 0 Å². The Morgan fingerprint density at radius 3 is 1.68 bits per heavy atom. The summed E-state index contributed by atoms with van der Waals surface area (Å²) in [5, 5.41) is 20.2. The summed E-state index contributed by atoms with van der Waals surface area (Å²) in [7, 11) is 0. The molecule has 4 heteroatoms. The van der Waals surface area contributed by atoms with Gasteiger partial charge in [0.1, 0.15) is 0 Å². The van der Waals surface area contributed by atoms with Gasteiger partial charge in [0, 0.05) is 6.42 Å². The van der Waals surface area contributed by atoms with Crippen LogP contribution in [0.15, 0.2) is 59.9 Å². The van der Waals surface area contributed by atoms with Gasteiger partial charge in [-0.1, -0.05) is 147 Å². The Hall–Kier alpha value is -1.64. The Bertz CT molecular complexity index is 732. The predicted molar refractivity (Wildman–Crippen MR) is 157 cm³/mol. The zero-order valence-electron chi connectivity index (χ0n) is 24.1. The number of hydrogen-bond acceptors (Lipinski definition) is 2. The van der Waals surface area contributed by atoms with Crippen molar-refractivity contribution in [2.45, 2.75) is 142 Å². The van der Waals surface area contributed by atoms with Crippen molar-refractivity contribution in [2.24, 2.45) is 0 Å². The minimum absolute atomic E-state index is 0. The summed E-state index contributed by atoms with van der Waals surface area (Å²) in [5.74, 6) is -0.372. The quantitative estimate of drug-likeness (QED) is 0.0658. The number of carboxylic acid groups (broad SMARTS) is 1. The third-order valence-electron chi connectivity index (χ3n) is 7.08. The molecule has 0 saturated heterocycles. The van der Waals surface area contributed by atoms with Crippen molar-refractivity contribution in [3.8, 4) is 0 Å². The molecule has 3 nitrogen and oxygen atoms in total. The second-order valence-corrected chi connectivity index (χ2v) is 10.5. The van der Waals surface area contributed by atoms with Gasteiger partial charge in [0.2, 0.25) is 0 Å². The molecule has 1 aromatic carbocycles. The molecule has 0 atom stereocenters. The molecule has 0 fully saturated rings. The minimum atomic E-state index is -0.687. The average molecular weight is 567 g/mol. The predicted octanol–water partition coefficient (Wildman–Crippen LogP) is 9.58. The molecule has 0 aromatic heterocycles. The molecule has 0 spiro atoms. The normalized spacial score (nSPS) is 11.8. The fourth-order valence-corrected chi connectivity index (χ4v) is 4.72. The van der Waals surface area contributed by atoms with E-state index in [1.807, 2.05) is 36.4 Å². The summed E-state index contributed by atoms with van der Waals surface area (Å²) in [4.78, 5) is 10.2. The van der Waals surface area contributed by atoms with Crippen LogP contribution in [0.5, 0.6) is 0 Å². The molecule has 0 heterocycles. The van der Waals surface area contributed by atoms with Crippen LogP contribution in [0, 0.1) is 0 Å². The Labute approximate surface area is 244 Å². The van der Waals surface area contributed by atoms with E-state index >= 15 is 0 Å². The van der Waals surface area contributed by atoms with E-state index in [-0.39, 0.29) is 17.1 Å². The van der Waals surface area contributed by atoms with E-state index in [0.717, 1.165) is 44.1 Å². The molecule has 38 heavy (non-hydrogen) atoms. The standard InChI is InChI=1S/C23H40O.C11H15O2.Fe/c1-2-3-4-5-6-7-8-9-10-11-12-13-14-15-16-21-23(24)22-19-17-18-20-22;12-11(13)9-3-1-2-6-10-7-4-5-8-10;/h17-20,24H,2-16,21H2,1H3;4-5,7-8H,1-3,6,9H2,(H,12,13);/q;-1;+2/p-1. The van der Waals surface area contributed by atoms with Gasteiger partial charge in [-0.2, -0.15) is 17.7 Å². The SMILES string of the molecule is CCCCCCCCCCCCCCCCCC([O-])=C1C=CC=C1.O=C(O)CCCCCc1ccc[cH-]1.[Fe+2]. The van der Waals surface area contributed by atoms with Gasteiger partial charge in [0.15, 0.2) is 0 Å². The average Bonchev–Trinajstić information content (AvgIpc) is 3.61. The van der Waals surface area contributed by atoms with Crippen molar-refractivity contribution in [3.63, 3.8) is 0 Å². The van der Waals surface area contributed by atoms with Crippen molar-refractivity contribution >= 4 is 5.97 Å². The number of carboxylic acids is 1. The Balaban J connectivity index is 0.000000827. The fraction of sp³-hybridized carbons (Fsp3) is 0.647. The van der Waals surface area contributed by atoms with Crippen LogP contribution < -0.4 is 5.11 Å². The first-order valence-electron chi connectivity index (χ1n) is 15.3. The second-order valence-electron chi connectivity index (χ2n) is 10.5. The fourth-order valence-electron chi connectivity index (χ4n) is 4.72. The summed E-state index contributed by atoms with van der Waals surface area (Å²) in [6.07, 6.45) is 33.3. The molecule has 216 valence electrons. The van der Waals surface area contributed by atoms with E-state index in [2.05, 4.69) is 19.1 Å². The van der Waals surface area contributed by atoms with E-state index < -0.39 is 5.97 Å². The molecule has 0 amide bonds. The molecule has 1 N–H and O–H groups in total. The topological polar surface area (TPSA) is 60.4 Å². The van der Waals surface area contributed by atoms with E-state index in [4.69, 9.17) is 5.11 Å². The van der Waals surface area contributed by atoms with Gasteiger partial charge in [0.25, 0.3) is 0 Å². The van der Waals surface area contributed by atoms with E-state index in [1.165, 1.54) is 95.5 Å². The Morgan fingerprint density at radius 2 is 1.21 bits per heavy atom. The molecule has 0 aliphatic heterocycles. The number of rotatable bonds is 22. The largest absolute Gasteiger partial charge is 2.00 e. The zero-order chi connectivity index (χ0) is 26.8. The first-order chi connectivity index (χ1) is 18.1. The molecule has 0 saturated carbocycles. The maximum Gasteiger partial charge on any atom is 2.00 e. The summed E-state index contributed by atoms with van der Waals surface area (Å²) in [6, 6.07) is 8.29. The number of aryl methyl sites for hydroxylation is 1. The second kappa shape index (κ2) is 26.9. The maximum atomic E-state index is 11.8. The molecule has 0 unspecified atom stereocenters. The van der Waals surface area contributed by atoms with Crippen molar-refractivity contribution < 1.29 is 32.1 Å². The van der Waals surface area contributed by atoms with Gasteiger partial charge in [0.05, 0.1) is 0 Å². The number of aliphatic carboxylic acids is 1. The molecular formula is C34H54FeO3. The van der Waals surface area contributed by atoms with Gasteiger partial charge in [-0.15, -0.1) is 5.76 Å². The first-order valence-corrected chi connectivity index (χ1v) is 15.3. The zero-order valence-corrected chi connectivity index (χ0v) is 25.2. The summed E-state index contributed by atoms with van der Waals surface area (Å²) >= 11 is 0. The van der Waals surface area contributed by atoms with Crippen LogP contribution in [0.2, 0.25) is 0 Å². The Kier molecular flexibility index (Phi) is 25.8. The van der Waals surface area contributed by atoms with Crippen LogP contribution in [0.4, 0.5) is 0 Å². The summed E-state index contributed by atoms with van der Waals surface area (Å²) in [5.41, 5.74) is 2.25. The van der Waals surface area contributed by atoms with Gasteiger partial charge in [-0.05, 0) is 18.4 Å². The third kappa shape index (κ3) is 22.4. The molecular weight excluding hydrogens is 512 g/mol. The van der Waals surface area contributed by atoms with E-state index in [9.17, 15) is 9.90 Å². The minimum Gasteiger partial charge on any atom is -0.875 e. The smallest absolute Gasteiger partial charge is 0.875 e. The number of allylic oxidation sites excluding steroid dienone is 6. The van der Waals surface area contributed by atoms with Gasteiger partial charge in [-0.25, -0.2) is 12.1 Å². The van der Waals surface area contributed by atoms with Gasteiger partial charge >= 0.3 is 23.0 Å². The first kappa shape index (κ1) is 36.4. The molecule has 1 aliphatic rings. The molecule has 0 radical (unpaired) electrons.